The van der Waals surface area contributed by atoms with E-state index in [1.54, 1.807) is 0 Å². The molecule has 0 aromatic carbocycles. The van der Waals surface area contributed by atoms with E-state index in [4.69, 9.17) is 11.5 Å². The highest BCUT2D eigenvalue weighted by atomic mass is 15.3. The summed E-state index contributed by atoms with van der Waals surface area (Å²) in [6, 6.07) is 0. The Kier molecular flexibility index (Phi) is 11.4. The molecule has 2 heterocycles. The van der Waals surface area contributed by atoms with Crippen molar-refractivity contribution in [3.05, 3.63) is 0 Å². The van der Waals surface area contributed by atoms with Gasteiger partial charge in [-0.15, -0.1) is 0 Å². The van der Waals surface area contributed by atoms with Gasteiger partial charge >= 0.3 is 0 Å². The van der Waals surface area contributed by atoms with E-state index < -0.39 is 0 Å². The Balaban J connectivity index is 0.00000218. The van der Waals surface area contributed by atoms with Gasteiger partial charge in [0.05, 0.1) is 0 Å². The lowest BCUT2D eigenvalue weighted by Gasteiger charge is -2.40. The van der Waals surface area contributed by atoms with Crippen molar-refractivity contribution in [3.8, 4) is 0 Å². The van der Waals surface area contributed by atoms with Crippen LogP contribution in [0.5, 0.6) is 0 Å². The summed E-state index contributed by atoms with van der Waals surface area (Å²) in [7, 11) is 0. The molecule has 30 heavy (non-hydrogen) atoms. The minimum atomic E-state index is 0.207. The van der Waals surface area contributed by atoms with Crippen molar-refractivity contribution < 1.29 is 0 Å². The molecule has 0 radical (unpaired) electrons. The Morgan fingerprint density at radius 3 is 2.27 bits per heavy atom. The van der Waals surface area contributed by atoms with E-state index in [0.717, 1.165) is 24.9 Å². The molecule has 0 bridgehead atoms. The van der Waals surface area contributed by atoms with Crippen molar-refractivity contribution in [2.45, 2.75) is 99.8 Å². The molecule has 1 aliphatic rings. The molecule has 0 amide bonds. The number of nitrogens with zero attached hydrogens (tertiary/aromatic N) is 4. The second-order valence-electron chi connectivity index (χ2n) is 9.87. The van der Waals surface area contributed by atoms with Crippen LogP contribution in [0.2, 0.25) is 0 Å². The highest BCUT2D eigenvalue weighted by Crippen LogP contribution is 2.42. The first-order valence-electron chi connectivity index (χ1n) is 12.2. The maximum Gasteiger partial charge on any atom is 0.231 e. The molecule has 6 nitrogen and oxygen atoms in total. The number of anilines is 3. The summed E-state index contributed by atoms with van der Waals surface area (Å²) in [6.45, 7) is 17.9. The van der Waals surface area contributed by atoms with E-state index in [1.165, 1.54) is 51.4 Å². The topological polar surface area (TPSA) is 94.0 Å². The first kappa shape index (κ1) is 26.4. The van der Waals surface area contributed by atoms with Gasteiger partial charge in [-0.05, 0) is 55.3 Å². The molecule has 3 unspecified atom stereocenters. The molecular formula is C24H48N6. The quantitative estimate of drug-likeness (QED) is 0.486. The third-order valence-corrected chi connectivity index (χ3v) is 6.03. The number of nitrogens with two attached hydrogens (primary N) is 2. The highest BCUT2D eigenvalue weighted by molar-refractivity contribution is 5.40. The maximum absolute atomic E-state index is 5.78. The molecule has 1 aromatic heterocycles. The van der Waals surface area contributed by atoms with Crippen LogP contribution in [0.3, 0.4) is 0 Å². The summed E-state index contributed by atoms with van der Waals surface area (Å²) in [5, 5.41) is 0. The number of hydrogen-bond donors (Lipinski definition) is 2. The van der Waals surface area contributed by atoms with Gasteiger partial charge in [-0.3, -0.25) is 0 Å². The summed E-state index contributed by atoms with van der Waals surface area (Å²) in [5.74, 6) is 3.24. The van der Waals surface area contributed by atoms with Gasteiger partial charge in [-0.2, -0.15) is 15.0 Å². The van der Waals surface area contributed by atoms with Crippen LogP contribution in [0.15, 0.2) is 0 Å². The SMILES string of the molecule is CC.CCCCC(C)CC(C)(CC(C)C)CC1CCCN(c2nc(N)nc(N)n2)C1. The smallest absolute Gasteiger partial charge is 0.231 e. The number of aromatic nitrogens is 3. The van der Waals surface area contributed by atoms with Gasteiger partial charge in [0.25, 0.3) is 0 Å². The third-order valence-electron chi connectivity index (χ3n) is 6.03. The molecule has 0 spiro atoms. The lowest BCUT2D eigenvalue weighted by atomic mass is 9.68. The van der Waals surface area contributed by atoms with Crippen LogP contribution < -0.4 is 16.4 Å². The van der Waals surface area contributed by atoms with Gasteiger partial charge in [0.2, 0.25) is 17.8 Å². The lowest BCUT2D eigenvalue weighted by Crippen LogP contribution is -2.39. The first-order chi connectivity index (χ1) is 14.2. The van der Waals surface area contributed by atoms with Crippen molar-refractivity contribution in [2.24, 2.45) is 23.2 Å². The Labute approximate surface area is 185 Å². The number of unbranched alkanes of at least 4 members (excludes halogenated alkanes) is 1. The molecule has 3 atom stereocenters. The Morgan fingerprint density at radius 2 is 1.70 bits per heavy atom. The van der Waals surface area contributed by atoms with Gasteiger partial charge < -0.3 is 16.4 Å². The molecule has 1 aliphatic heterocycles. The van der Waals surface area contributed by atoms with Crippen LogP contribution in [-0.4, -0.2) is 28.0 Å². The van der Waals surface area contributed by atoms with Gasteiger partial charge in [0, 0.05) is 13.1 Å². The van der Waals surface area contributed by atoms with E-state index in [0.29, 0.717) is 17.3 Å². The minimum absolute atomic E-state index is 0.207. The Bertz CT molecular complexity index is 585. The van der Waals surface area contributed by atoms with Crippen LogP contribution in [0.25, 0.3) is 0 Å². The zero-order valence-electron chi connectivity index (χ0n) is 20.7. The Hall–Kier alpha value is -1.59. The zero-order valence-corrected chi connectivity index (χ0v) is 20.7. The molecular weight excluding hydrogens is 372 g/mol. The standard InChI is InChI=1S/C22H42N6.C2H6/c1-6-7-9-17(4)13-22(5,12-16(2)3)14-18-10-8-11-28(15-18)21-26-19(23)25-20(24)27-21;1-2/h16-18H,6-15H2,1-5H3,(H4,23,24,25,26,27);1-2H3. The monoisotopic (exact) mass is 420 g/mol. The van der Waals surface area contributed by atoms with Gasteiger partial charge in [0.15, 0.2) is 0 Å². The van der Waals surface area contributed by atoms with Gasteiger partial charge in [-0.1, -0.05) is 67.7 Å². The van der Waals surface area contributed by atoms with Crippen molar-refractivity contribution in [3.63, 3.8) is 0 Å². The van der Waals surface area contributed by atoms with Crippen molar-refractivity contribution in [1.29, 1.82) is 0 Å². The molecule has 1 fully saturated rings. The van der Waals surface area contributed by atoms with Gasteiger partial charge in [-0.25, -0.2) is 0 Å². The van der Waals surface area contributed by atoms with Gasteiger partial charge in [0.1, 0.15) is 0 Å². The van der Waals surface area contributed by atoms with Crippen molar-refractivity contribution in [1.82, 2.24) is 15.0 Å². The van der Waals surface area contributed by atoms with E-state index in [-0.39, 0.29) is 11.9 Å². The molecule has 6 heteroatoms. The van der Waals surface area contributed by atoms with Crippen LogP contribution in [0, 0.1) is 23.2 Å². The van der Waals surface area contributed by atoms with E-state index in [9.17, 15) is 0 Å². The molecule has 0 aliphatic carbocycles. The van der Waals surface area contributed by atoms with Crippen molar-refractivity contribution >= 4 is 17.8 Å². The largest absolute Gasteiger partial charge is 0.368 e. The second-order valence-corrected chi connectivity index (χ2v) is 9.87. The van der Waals surface area contributed by atoms with Crippen molar-refractivity contribution in [2.75, 3.05) is 29.5 Å². The van der Waals surface area contributed by atoms with Crippen LogP contribution in [-0.2, 0) is 0 Å². The summed E-state index contributed by atoms with van der Waals surface area (Å²) < 4.78 is 0. The number of nitrogen functional groups attached to an aromatic ring is 2. The first-order valence-corrected chi connectivity index (χ1v) is 12.2. The highest BCUT2D eigenvalue weighted by Gasteiger charge is 2.33. The summed E-state index contributed by atoms with van der Waals surface area (Å²) in [5.41, 5.74) is 12.0. The molecule has 1 saturated heterocycles. The Morgan fingerprint density at radius 1 is 1.07 bits per heavy atom. The minimum Gasteiger partial charge on any atom is -0.368 e. The third kappa shape index (κ3) is 9.05. The number of piperidine rings is 1. The predicted molar refractivity (Wildman–Crippen MR) is 130 cm³/mol. The van der Waals surface area contributed by atoms with Crippen LogP contribution in [0.1, 0.15) is 99.8 Å². The maximum atomic E-state index is 5.78. The summed E-state index contributed by atoms with van der Waals surface area (Å²) in [4.78, 5) is 14.8. The number of hydrogen-bond acceptors (Lipinski definition) is 6. The van der Waals surface area contributed by atoms with E-state index in [1.807, 2.05) is 13.8 Å². The fourth-order valence-electron chi connectivity index (χ4n) is 5.38. The number of rotatable bonds is 10. The fourth-order valence-corrected chi connectivity index (χ4v) is 5.38. The fraction of sp³-hybridized carbons (Fsp3) is 0.875. The molecule has 174 valence electrons. The lowest BCUT2D eigenvalue weighted by molar-refractivity contribution is 0.141. The van der Waals surface area contributed by atoms with E-state index >= 15 is 0 Å². The second kappa shape index (κ2) is 13.0. The molecule has 4 N–H and O–H groups in total. The molecule has 1 aromatic rings. The van der Waals surface area contributed by atoms with E-state index in [2.05, 4.69) is 54.5 Å². The van der Waals surface area contributed by atoms with Crippen LogP contribution in [0.4, 0.5) is 17.8 Å². The van der Waals surface area contributed by atoms with Crippen LogP contribution >= 0.6 is 0 Å². The zero-order chi connectivity index (χ0) is 22.7. The normalized spacial score (nSPS) is 19.7. The molecule has 0 saturated carbocycles. The average Bonchev–Trinajstić information content (AvgIpc) is 2.66. The predicted octanol–water partition coefficient (Wildman–Crippen LogP) is 5.94. The average molecular weight is 421 g/mol. The summed E-state index contributed by atoms with van der Waals surface area (Å²) in [6.07, 6.45) is 10.3. The summed E-state index contributed by atoms with van der Waals surface area (Å²) >= 11 is 0. The molecule has 2 rings (SSSR count).